The van der Waals surface area contributed by atoms with Gasteiger partial charge in [0.05, 0.1) is 39.9 Å². The highest BCUT2D eigenvalue weighted by molar-refractivity contribution is 7.45. The number of amides is 1. The van der Waals surface area contributed by atoms with Crippen LogP contribution in [0.4, 0.5) is 0 Å². The number of allylic oxidation sites excluding steroid dienone is 7. The van der Waals surface area contributed by atoms with E-state index in [0.29, 0.717) is 17.4 Å². The Kier molecular flexibility index (Phi) is 48.3. The first kappa shape index (κ1) is 65.5. The summed E-state index contributed by atoms with van der Waals surface area (Å²) < 4.78 is 23.2. The number of aliphatic hydroxyl groups is 1. The van der Waals surface area contributed by atoms with Crippen LogP contribution in [-0.2, 0) is 18.4 Å². The van der Waals surface area contributed by atoms with Crippen LogP contribution in [0.1, 0.15) is 264 Å². The molecule has 3 unspecified atom stereocenters. The Morgan fingerprint density at radius 1 is 0.522 bits per heavy atom. The molecule has 0 aliphatic rings. The van der Waals surface area contributed by atoms with Crippen LogP contribution in [0.3, 0.4) is 0 Å². The average Bonchev–Trinajstić information content (AvgIpc) is 3.29. The molecule has 3 atom stereocenters. The lowest BCUT2D eigenvalue weighted by atomic mass is 10.0. The molecule has 67 heavy (non-hydrogen) atoms. The van der Waals surface area contributed by atoms with Gasteiger partial charge in [0.25, 0.3) is 7.82 Å². The van der Waals surface area contributed by atoms with Crippen molar-refractivity contribution < 1.29 is 32.9 Å². The van der Waals surface area contributed by atoms with Gasteiger partial charge in [-0.2, -0.15) is 0 Å². The zero-order valence-corrected chi connectivity index (χ0v) is 45.7. The second-order valence-electron chi connectivity index (χ2n) is 20.6. The Labute approximate surface area is 416 Å². The predicted octanol–water partition coefficient (Wildman–Crippen LogP) is 16.5. The van der Waals surface area contributed by atoms with E-state index in [1.54, 1.807) is 6.08 Å². The van der Waals surface area contributed by atoms with Crippen LogP contribution in [0.25, 0.3) is 0 Å². The number of quaternary nitrogens is 1. The molecule has 0 bridgehead atoms. The molecule has 0 saturated carbocycles. The fraction of sp³-hybridized carbons (Fsp3) is 0.845. The van der Waals surface area contributed by atoms with Gasteiger partial charge in [-0.25, -0.2) is 0 Å². The van der Waals surface area contributed by atoms with E-state index in [9.17, 15) is 19.4 Å². The highest BCUT2D eigenvalue weighted by atomic mass is 31.2. The molecular weight excluding hydrogens is 852 g/mol. The average molecular weight is 964 g/mol. The molecule has 2 N–H and O–H groups in total. The van der Waals surface area contributed by atoms with E-state index in [1.165, 1.54) is 193 Å². The number of hydrogen-bond acceptors (Lipinski definition) is 6. The summed E-state index contributed by atoms with van der Waals surface area (Å²) in [4.78, 5) is 25.4. The summed E-state index contributed by atoms with van der Waals surface area (Å²) in [5.74, 6) is -0.197. The van der Waals surface area contributed by atoms with Crippen molar-refractivity contribution in [3.63, 3.8) is 0 Å². The lowest BCUT2D eigenvalue weighted by molar-refractivity contribution is -0.870. The number of rotatable bonds is 52. The summed E-state index contributed by atoms with van der Waals surface area (Å²) in [5.41, 5.74) is 0. The van der Waals surface area contributed by atoms with E-state index in [4.69, 9.17) is 9.05 Å². The van der Waals surface area contributed by atoms with Gasteiger partial charge >= 0.3 is 0 Å². The number of phosphoric ester groups is 1. The SMILES string of the molecule is CCCCCCC/C=C\C/C=C\C/C=C\CCCCCCCCCCCCCCCCCCCCCCC(=O)NC(COP(=O)([O-])OCC[N+](C)(C)C)C(O)/C=C/CCCCCCCCCC. The van der Waals surface area contributed by atoms with E-state index < -0.39 is 20.0 Å². The van der Waals surface area contributed by atoms with Gasteiger partial charge < -0.3 is 28.8 Å². The van der Waals surface area contributed by atoms with E-state index in [-0.39, 0.29) is 19.1 Å². The van der Waals surface area contributed by atoms with Crippen LogP contribution < -0.4 is 10.2 Å². The topological polar surface area (TPSA) is 108 Å². The second-order valence-corrected chi connectivity index (χ2v) is 22.1. The van der Waals surface area contributed by atoms with Crippen molar-refractivity contribution >= 4 is 13.7 Å². The molecule has 0 aromatic rings. The van der Waals surface area contributed by atoms with Gasteiger partial charge in [-0.1, -0.05) is 249 Å². The predicted molar refractivity (Wildman–Crippen MR) is 288 cm³/mol. The minimum atomic E-state index is -4.59. The Balaban J connectivity index is 3.92. The molecule has 0 fully saturated rings. The first-order valence-corrected chi connectivity index (χ1v) is 30.0. The summed E-state index contributed by atoms with van der Waals surface area (Å²) >= 11 is 0. The smallest absolute Gasteiger partial charge is 0.268 e. The molecule has 0 aromatic carbocycles. The number of carbonyl (C=O) groups is 1. The Bertz CT molecular complexity index is 1230. The summed E-state index contributed by atoms with van der Waals surface area (Å²) in [6.07, 6.45) is 65.0. The molecule has 1 amide bonds. The monoisotopic (exact) mass is 963 g/mol. The normalized spacial score (nSPS) is 14.3. The first-order valence-electron chi connectivity index (χ1n) is 28.5. The standard InChI is InChI=1S/C58H111N2O6P/c1-6-8-10-12-14-16-18-19-20-21-22-23-24-25-26-27-28-29-30-31-32-33-34-35-36-37-38-39-40-41-42-44-46-48-50-52-58(62)59-56(55-66-67(63,64)65-54-53-60(3,4)5)57(61)51-49-47-45-43-17-15-13-11-9-7-2/h18-19,21-22,24-25,49,51,56-57,61H,6-17,20,23,26-48,50,52-55H2,1-5H3,(H-,59,62,63,64)/b19-18-,22-21-,25-24-,51-49+. The third-order valence-corrected chi connectivity index (χ3v) is 13.7. The molecule has 394 valence electrons. The minimum absolute atomic E-state index is 0.000463. The third kappa shape index (κ3) is 52.1. The number of unbranched alkanes of at least 4 members (excludes halogenated alkanes) is 33. The fourth-order valence-corrected chi connectivity index (χ4v) is 9.00. The molecule has 0 heterocycles. The number of carbonyl (C=O) groups excluding carboxylic acids is 1. The van der Waals surface area contributed by atoms with Gasteiger partial charge in [0.2, 0.25) is 5.91 Å². The molecule has 0 aliphatic carbocycles. The molecule has 0 aliphatic heterocycles. The van der Waals surface area contributed by atoms with Crippen molar-refractivity contribution in [2.45, 2.75) is 276 Å². The van der Waals surface area contributed by atoms with Gasteiger partial charge in [0.15, 0.2) is 0 Å². The summed E-state index contributed by atoms with van der Waals surface area (Å²) in [5, 5.41) is 13.8. The van der Waals surface area contributed by atoms with Crippen molar-refractivity contribution in [2.24, 2.45) is 0 Å². The number of likely N-dealkylation sites (N-methyl/N-ethyl adjacent to an activating group) is 1. The van der Waals surface area contributed by atoms with Gasteiger partial charge in [0.1, 0.15) is 13.2 Å². The molecule has 0 aromatic heterocycles. The minimum Gasteiger partial charge on any atom is -0.756 e. The van der Waals surface area contributed by atoms with Gasteiger partial charge in [-0.05, 0) is 57.8 Å². The van der Waals surface area contributed by atoms with Crippen molar-refractivity contribution in [3.05, 3.63) is 48.6 Å². The maximum atomic E-state index is 12.9. The maximum absolute atomic E-state index is 12.9. The van der Waals surface area contributed by atoms with Crippen molar-refractivity contribution in [3.8, 4) is 0 Å². The summed E-state index contributed by atoms with van der Waals surface area (Å²) in [6, 6.07) is -0.884. The zero-order chi connectivity index (χ0) is 49.2. The molecule has 8 nitrogen and oxygen atoms in total. The highest BCUT2D eigenvalue weighted by Crippen LogP contribution is 2.38. The van der Waals surface area contributed by atoms with Crippen LogP contribution in [0, 0.1) is 0 Å². The second kappa shape index (κ2) is 49.4. The van der Waals surface area contributed by atoms with Crippen LogP contribution in [0.5, 0.6) is 0 Å². The number of aliphatic hydroxyl groups excluding tert-OH is 1. The van der Waals surface area contributed by atoms with E-state index in [1.807, 2.05) is 27.2 Å². The largest absolute Gasteiger partial charge is 0.756 e. The molecule has 0 rings (SSSR count). The van der Waals surface area contributed by atoms with E-state index in [2.05, 4.69) is 55.6 Å². The van der Waals surface area contributed by atoms with Crippen LogP contribution >= 0.6 is 7.82 Å². The van der Waals surface area contributed by atoms with Crippen LogP contribution in [0.15, 0.2) is 48.6 Å². The van der Waals surface area contributed by atoms with Crippen LogP contribution in [0.2, 0.25) is 0 Å². The van der Waals surface area contributed by atoms with Gasteiger partial charge in [-0.3, -0.25) is 9.36 Å². The van der Waals surface area contributed by atoms with Crippen LogP contribution in [-0.4, -0.2) is 68.5 Å². The van der Waals surface area contributed by atoms with Gasteiger partial charge in [0, 0.05) is 6.42 Å². The number of hydrogen-bond donors (Lipinski definition) is 2. The molecule has 0 saturated heterocycles. The van der Waals surface area contributed by atoms with Crippen molar-refractivity contribution in [2.75, 3.05) is 40.9 Å². The molecule has 0 radical (unpaired) electrons. The van der Waals surface area contributed by atoms with E-state index in [0.717, 1.165) is 51.4 Å². The summed E-state index contributed by atoms with van der Waals surface area (Å²) in [6.45, 7) is 4.62. The third-order valence-electron chi connectivity index (χ3n) is 12.8. The molecular formula is C58H111N2O6P. The lowest BCUT2D eigenvalue weighted by Crippen LogP contribution is -2.45. The first-order chi connectivity index (χ1) is 32.5. The Morgan fingerprint density at radius 3 is 1.25 bits per heavy atom. The van der Waals surface area contributed by atoms with E-state index >= 15 is 0 Å². The summed E-state index contributed by atoms with van der Waals surface area (Å²) in [7, 11) is 1.27. The molecule has 0 spiro atoms. The number of nitrogens with one attached hydrogen (secondary N) is 1. The fourth-order valence-electron chi connectivity index (χ4n) is 8.28. The maximum Gasteiger partial charge on any atom is 0.268 e. The van der Waals surface area contributed by atoms with Gasteiger partial charge in [-0.15, -0.1) is 0 Å². The Hall–Kier alpha value is -1.54. The molecule has 9 heteroatoms. The number of phosphoric acid groups is 1. The lowest BCUT2D eigenvalue weighted by Gasteiger charge is -2.29. The Morgan fingerprint density at radius 2 is 0.866 bits per heavy atom. The van der Waals surface area contributed by atoms with Crippen molar-refractivity contribution in [1.29, 1.82) is 0 Å². The highest BCUT2D eigenvalue weighted by Gasteiger charge is 2.23. The number of nitrogens with zero attached hydrogens (tertiary/aromatic N) is 1. The zero-order valence-electron chi connectivity index (χ0n) is 44.9. The van der Waals surface area contributed by atoms with Crippen molar-refractivity contribution in [1.82, 2.24) is 5.32 Å². The quantitative estimate of drug-likeness (QED) is 0.0272.